The van der Waals surface area contributed by atoms with Crippen LogP contribution in [0.25, 0.3) is 0 Å². The normalized spacial score (nSPS) is 15.8. The van der Waals surface area contributed by atoms with Crippen LogP contribution in [0.5, 0.6) is 0 Å². The second-order valence-electron chi connectivity index (χ2n) is 6.69. The van der Waals surface area contributed by atoms with E-state index in [9.17, 15) is 14.4 Å². The zero-order valence-corrected chi connectivity index (χ0v) is 16.6. The van der Waals surface area contributed by atoms with Crippen molar-refractivity contribution in [3.8, 4) is 0 Å². The number of anilines is 1. The Hall–Kier alpha value is -2.80. The third kappa shape index (κ3) is 5.36. The molecule has 0 radical (unpaired) electrons. The molecule has 1 aliphatic heterocycles. The summed E-state index contributed by atoms with van der Waals surface area (Å²) in [6, 6.07) is 13.2. The first-order valence-electron chi connectivity index (χ1n) is 9.02. The Labute approximate surface area is 168 Å². The van der Waals surface area contributed by atoms with Crippen LogP contribution < -0.4 is 10.6 Å². The van der Waals surface area contributed by atoms with Crippen molar-refractivity contribution in [1.29, 1.82) is 0 Å². The fraction of sp³-hybridized carbons (Fsp3) is 0.286. The van der Waals surface area contributed by atoms with Crippen LogP contribution in [0.1, 0.15) is 24.0 Å². The maximum absolute atomic E-state index is 12.0. The molecule has 1 heterocycles. The monoisotopic (exact) mass is 398 g/mol. The predicted molar refractivity (Wildman–Crippen MR) is 107 cm³/mol. The van der Waals surface area contributed by atoms with Crippen LogP contribution in [-0.2, 0) is 19.1 Å². The number of amides is 2. The number of carbonyl (C=O) groups excluding carboxylic acids is 3. The maximum Gasteiger partial charge on any atom is 0.329 e. The predicted octanol–water partition coefficient (Wildman–Crippen LogP) is 3.21. The number of carbonyl (C=O) groups is 3. The second kappa shape index (κ2) is 8.93. The van der Waals surface area contributed by atoms with Gasteiger partial charge in [-0.25, -0.2) is 4.79 Å². The lowest BCUT2D eigenvalue weighted by Crippen LogP contribution is -2.36. The fourth-order valence-corrected chi connectivity index (χ4v) is 3.66. The largest absolute Gasteiger partial charge is 0.454 e. The van der Waals surface area contributed by atoms with E-state index in [1.165, 1.54) is 11.1 Å². The number of ether oxygens (including phenoxy) is 1. The highest BCUT2D eigenvalue weighted by molar-refractivity contribution is 7.99. The van der Waals surface area contributed by atoms with Gasteiger partial charge in [0, 0.05) is 21.9 Å². The summed E-state index contributed by atoms with van der Waals surface area (Å²) >= 11 is 1.65. The Kier molecular flexibility index (Phi) is 6.36. The number of aryl methyl sites for hydroxylation is 2. The van der Waals surface area contributed by atoms with Crippen LogP contribution in [0.3, 0.4) is 0 Å². The highest BCUT2D eigenvalue weighted by Crippen LogP contribution is 2.29. The molecule has 1 aliphatic rings. The summed E-state index contributed by atoms with van der Waals surface area (Å²) in [6.07, 6.45) is 0.706. The van der Waals surface area contributed by atoms with Gasteiger partial charge >= 0.3 is 5.97 Å². The Bertz CT molecular complexity index is 896. The van der Waals surface area contributed by atoms with Crippen LogP contribution in [0.2, 0.25) is 0 Å². The summed E-state index contributed by atoms with van der Waals surface area (Å²) in [7, 11) is 0. The molecule has 1 saturated heterocycles. The molecule has 0 aromatic heterocycles. The van der Waals surface area contributed by atoms with E-state index in [-0.39, 0.29) is 12.5 Å². The number of benzene rings is 2. The molecule has 3 rings (SSSR count). The number of hydrogen-bond donors (Lipinski definition) is 2. The molecule has 2 aromatic carbocycles. The first-order chi connectivity index (χ1) is 13.4. The smallest absolute Gasteiger partial charge is 0.329 e. The highest BCUT2D eigenvalue weighted by atomic mass is 32.2. The third-order valence-corrected chi connectivity index (χ3v) is 5.47. The molecule has 2 aromatic rings. The fourth-order valence-electron chi connectivity index (χ4n) is 2.75. The van der Waals surface area contributed by atoms with E-state index >= 15 is 0 Å². The summed E-state index contributed by atoms with van der Waals surface area (Å²) in [5.41, 5.74) is 3.14. The topological polar surface area (TPSA) is 84.5 Å². The number of esters is 1. The molecule has 1 fully saturated rings. The minimum atomic E-state index is -0.651. The van der Waals surface area contributed by atoms with E-state index in [4.69, 9.17) is 4.74 Å². The van der Waals surface area contributed by atoms with Gasteiger partial charge in [-0.1, -0.05) is 17.8 Å². The molecule has 0 bridgehead atoms. The summed E-state index contributed by atoms with van der Waals surface area (Å²) in [5.74, 6) is -1.18. The van der Waals surface area contributed by atoms with Gasteiger partial charge in [0.05, 0.1) is 0 Å². The van der Waals surface area contributed by atoms with E-state index in [0.29, 0.717) is 18.5 Å². The van der Waals surface area contributed by atoms with Gasteiger partial charge in [-0.2, -0.15) is 0 Å². The summed E-state index contributed by atoms with van der Waals surface area (Å²) < 4.78 is 4.96. The number of hydrogen-bond acceptors (Lipinski definition) is 5. The average molecular weight is 398 g/mol. The molecule has 0 saturated carbocycles. The molecule has 2 amide bonds. The van der Waals surface area contributed by atoms with Crippen molar-refractivity contribution in [1.82, 2.24) is 5.32 Å². The maximum atomic E-state index is 12.0. The molecule has 1 atom stereocenters. The summed E-state index contributed by atoms with van der Waals surface area (Å²) in [5, 5.41) is 5.20. The number of rotatable bonds is 6. The van der Waals surface area contributed by atoms with E-state index in [1.54, 1.807) is 23.9 Å². The van der Waals surface area contributed by atoms with E-state index in [1.807, 2.05) is 12.1 Å². The second-order valence-corrected chi connectivity index (χ2v) is 7.83. The van der Waals surface area contributed by atoms with Crippen molar-refractivity contribution in [2.75, 3.05) is 11.9 Å². The van der Waals surface area contributed by atoms with Gasteiger partial charge in [0.15, 0.2) is 6.61 Å². The van der Waals surface area contributed by atoms with Gasteiger partial charge < -0.3 is 15.4 Å². The van der Waals surface area contributed by atoms with Gasteiger partial charge in [0.2, 0.25) is 5.91 Å². The minimum absolute atomic E-state index is 0.176. The third-order valence-electron chi connectivity index (χ3n) is 4.48. The van der Waals surface area contributed by atoms with Crippen LogP contribution in [0.4, 0.5) is 5.69 Å². The SMILES string of the molecule is Cc1ccc(Sc2ccc(NC(=O)COC(=O)[C@H]3CCC(=O)N3)cc2)cc1C. The Morgan fingerprint density at radius 2 is 1.82 bits per heavy atom. The number of nitrogens with one attached hydrogen (secondary N) is 2. The Morgan fingerprint density at radius 3 is 2.46 bits per heavy atom. The van der Waals surface area contributed by atoms with Crippen molar-refractivity contribution in [3.63, 3.8) is 0 Å². The molecule has 28 heavy (non-hydrogen) atoms. The van der Waals surface area contributed by atoms with Crippen molar-refractivity contribution in [2.24, 2.45) is 0 Å². The van der Waals surface area contributed by atoms with Crippen molar-refractivity contribution in [2.45, 2.75) is 42.5 Å². The van der Waals surface area contributed by atoms with E-state index in [0.717, 1.165) is 9.79 Å². The molecule has 0 unspecified atom stereocenters. The molecule has 7 heteroatoms. The zero-order valence-electron chi connectivity index (χ0n) is 15.8. The van der Waals surface area contributed by atoms with Crippen molar-refractivity contribution >= 4 is 35.2 Å². The Balaban J connectivity index is 1.48. The average Bonchev–Trinajstić information content (AvgIpc) is 3.11. The minimum Gasteiger partial charge on any atom is -0.454 e. The standard InChI is InChI=1S/C21H22N2O4S/c1-13-3-6-17(11-14(13)2)28-16-7-4-15(5-8-16)22-20(25)12-27-21(26)18-9-10-19(24)23-18/h3-8,11,18H,9-10,12H2,1-2H3,(H,22,25)(H,23,24)/t18-/m1/s1. The molecule has 2 N–H and O–H groups in total. The molecular formula is C21H22N2O4S. The lowest BCUT2D eigenvalue weighted by atomic mass is 10.1. The van der Waals surface area contributed by atoms with Gasteiger partial charge in [-0.05, 0) is 67.8 Å². The quantitative estimate of drug-likeness (QED) is 0.730. The molecule has 0 spiro atoms. The highest BCUT2D eigenvalue weighted by Gasteiger charge is 2.28. The van der Waals surface area contributed by atoms with E-state index < -0.39 is 17.9 Å². The molecule has 0 aliphatic carbocycles. The first kappa shape index (κ1) is 19.9. The van der Waals surface area contributed by atoms with Crippen LogP contribution >= 0.6 is 11.8 Å². The first-order valence-corrected chi connectivity index (χ1v) is 9.83. The summed E-state index contributed by atoms with van der Waals surface area (Å²) in [6.45, 7) is 3.79. The molecular weight excluding hydrogens is 376 g/mol. The van der Waals surface area contributed by atoms with Gasteiger partial charge in [-0.15, -0.1) is 0 Å². The van der Waals surface area contributed by atoms with E-state index in [2.05, 4.69) is 42.7 Å². The van der Waals surface area contributed by atoms with Crippen molar-refractivity contribution < 1.29 is 19.1 Å². The lowest BCUT2D eigenvalue weighted by Gasteiger charge is -2.11. The Morgan fingerprint density at radius 1 is 1.11 bits per heavy atom. The van der Waals surface area contributed by atoms with Gasteiger partial charge in [0.1, 0.15) is 6.04 Å². The molecule has 146 valence electrons. The molecule has 6 nitrogen and oxygen atoms in total. The zero-order chi connectivity index (χ0) is 20.1. The van der Waals surface area contributed by atoms with Crippen LogP contribution in [-0.4, -0.2) is 30.4 Å². The van der Waals surface area contributed by atoms with Gasteiger partial charge in [-0.3, -0.25) is 9.59 Å². The summed E-state index contributed by atoms with van der Waals surface area (Å²) in [4.78, 5) is 37.1. The van der Waals surface area contributed by atoms with Crippen LogP contribution in [0, 0.1) is 13.8 Å². The lowest BCUT2D eigenvalue weighted by molar-refractivity contribution is -0.149. The van der Waals surface area contributed by atoms with Gasteiger partial charge in [0.25, 0.3) is 5.91 Å². The van der Waals surface area contributed by atoms with Crippen molar-refractivity contribution in [3.05, 3.63) is 53.6 Å². The van der Waals surface area contributed by atoms with Crippen LogP contribution in [0.15, 0.2) is 52.3 Å².